The molecule has 0 aliphatic rings. The topological polar surface area (TPSA) is 71.6 Å². The van der Waals surface area contributed by atoms with E-state index in [-0.39, 0.29) is 11.0 Å². The van der Waals surface area contributed by atoms with E-state index in [2.05, 4.69) is 0 Å². The maximum atomic E-state index is 10.2. The van der Waals surface area contributed by atoms with Crippen LogP contribution in [-0.4, -0.2) is 11.4 Å². The molecule has 0 saturated heterocycles. The first-order valence-electron chi connectivity index (χ1n) is 2.83. The normalized spacial score (nSPS) is 8.55. The number of rotatable bonds is 1. The molecule has 0 aromatic heterocycles. The average molecular weight is 339 g/mol. The SMILES string of the molecule is O.O=C([O-])c1cc[c]([Hg])cc1. The van der Waals surface area contributed by atoms with Gasteiger partial charge in [0, 0.05) is 0 Å². The van der Waals surface area contributed by atoms with Crippen molar-refractivity contribution in [3.8, 4) is 0 Å². The van der Waals surface area contributed by atoms with Crippen molar-refractivity contribution >= 4 is 9.04 Å². The Labute approximate surface area is 80.3 Å². The van der Waals surface area contributed by atoms with Gasteiger partial charge in [0.05, 0.1) is 0 Å². The Morgan fingerprint density at radius 3 is 2.09 bits per heavy atom. The van der Waals surface area contributed by atoms with Crippen LogP contribution in [-0.2, 0) is 26.1 Å². The number of carbonyl (C=O) groups excluding carboxylic acids is 1. The van der Waals surface area contributed by atoms with Crippen LogP contribution in [0.15, 0.2) is 24.3 Å². The zero-order chi connectivity index (χ0) is 7.56. The minimum absolute atomic E-state index is 0. The van der Waals surface area contributed by atoms with Gasteiger partial charge in [-0.15, -0.1) is 0 Å². The summed E-state index contributed by atoms with van der Waals surface area (Å²) in [7, 11) is 0. The number of carboxylic acids is 1. The number of hydrogen-bond acceptors (Lipinski definition) is 2. The van der Waals surface area contributed by atoms with Crippen LogP contribution in [0, 0.1) is 0 Å². The number of carbonyl (C=O) groups is 1. The fourth-order valence-electron chi connectivity index (χ4n) is 0.641. The molecular formula is C7H6HgO3-. The van der Waals surface area contributed by atoms with Gasteiger partial charge in [0.25, 0.3) is 0 Å². The summed E-state index contributed by atoms with van der Waals surface area (Å²) in [5.41, 5.74) is 0.259. The monoisotopic (exact) mass is 340 g/mol. The van der Waals surface area contributed by atoms with Crippen LogP contribution in [0.25, 0.3) is 0 Å². The van der Waals surface area contributed by atoms with E-state index in [1.807, 2.05) is 12.1 Å². The fraction of sp³-hybridized carbons (Fsp3) is 0. The minimum atomic E-state index is -1.10. The molecule has 0 atom stereocenters. The number of aromatic carboxylic acids is 1. The summed E-state index contributed by atoms with van der Waals surface area (Å²) in [5.74, 6) is -1.10. The van der Waals surface area contributed by atoms with Gasteiger partial charge in [0.15, 0.2) is 0 Å². The van der Waals surface area contributed by atoms with E-state index in [0.717, 1.165) is 0 Å². The molecule has 0 amide bonds. The van der Waals surface area contributed by atoms with E-state index in [1.54, 1.807) is 12.1 Å². The molecule has 0 fully saturated rings. The zero-order valence-corrected chi connectivity index (χ0v) is 11.3. The second-order valence-electron chi connectivity index (χ2n) is 1.98. The molecule has 55 valence electrons. The quantitative estimate of drug-likeness (QED) is 0.579. The van der Waals surface area contributed by atoms with Gasteiger partial charge in [-0.1, -0.05) is 0 Å². The van der Waals surface area contributed by atoms with Crippen LogP contribution in [0.2, 0.25) is 0 Å². The molecule has 0 heterocycles. The predicted molar refractivity (Wildman–Crippen MR) is 34.0 cm³/mol. The van der Waals surface area contributed by atoms with Gasteiger partial charge < -0.3 is 5.48 Å². The van der Waals surface area contributed by atoms with Crippen LogP contribution in [0.4, 0.5) is 0 Å². The average Bonchev–Trinajstić information content (AvgIpc) is 1.88. The molecule has 0 aliphatic carbocycles. The van der Waals surface area contributed by atoms with E-state index in [0.29, 0.717) is 26.1 Å². The summed E-state index contributed by atoms with van der Waals surface area (Å²) in [6, 6.07) is 6.82. The summed E-state index contributed by atoms with van der Waals surface area (Å²) in [4.78, 5) is 10.2. The first-order valence-corrected chi connectivity index (χ1v) is 5.58. The summed E-state index contributed by atoms with van der Waals surface area (Å²) >= 11 is 0.575. The van der Waals surface area contributed by atoms with Gasteiger partial charge >= 0.3 is 74.9 Å². The van der Waals surface area contributed by atoms with E-state index >= 15 is 0 Å². The molecule has 0 bridgehead atoms. The Bertz CT molecular complexity index is 242. The van der Waals surface area contributed by atoms with E-state index < -0.39 is 5.97 Å². The molecule has 1 rings (SSSR count). The van der Waals surface area contributed by atoms with Crippen LogP contribution < -0.4 is 8.18 Å². The Kier molecular flexibility index (Phi) is 4.29. The van der Waals surface area contributed by atoms with Gasteiger partial charge in [-0.2, -0.15) is 0 Å². The van der Waals surface area contributed by atoms with Gasteiger partial charge in [-0.25, -0.2) is 0 Å². The molecule has 0 spiro atoms. The molecule has 0 unspecified atom stereocenters. The van der Waals surface area contributed by atoms with Crippen molar-refractivity contribution in [1.82, 2.24) is 0 Å². The van der Waals surface area contributed by atoms with Crippen molar-refractivity contribution < 1.29 is 41.5 Å². The first kappa shape index (κ1) is 10.6. The molecule has 0 radical (unpaired) electrons. The predicted octanol–water partition coefficient (Wildman–Crippen LogP) is -1.60. The summed E-state index contributed by atoms with van der Waals surface area (Å²) in [5, 5.41) is 10.2. The molecular weight excluding hydrogens is 333 g/mol. The van der Waals surface area contributed by atoms with Crippen LogP contribution in [0.1, 0.15) is 10.4 Å². The van der Waals surface area contributed by atoms with Gasteiger partial charge in [-0.05, 0) is 0 Å². The maximum absolute atomic E-state index is 10.2. The fourth-order valence-corrected chi connectivity index (χ4v) is 1.56. The van der Waals surface area contributed by atoms with Crippen molar-refractivity contribution in [1.29, 1.82) is 0 Å². The van der Waals surface area contributed by atoms with Gasteiger partial charge in [0.1, 0.15) is 0 Å². The molecule has 0 saturated carbocycles. The van der Waals surface area contributed by atoms with E-state index in [9.17, 15) is 9.90 Å². The van der Waals surface area contributed by atoms with E-state index in [4.69, 9.17) is 0 Å². The Balaban J connectivity index is 0.000001000. The molecule has 11 heavy (non-hydrogen) atoms. The molecule has 2 N–H and O–H groups in total. The Morgan fingerprint density at radius 1 is 1.27 bits per heavy atom. The van der Waals surface area contributed by atoms with Crippen molar-refractivity contribution in [2.45, 2.75) is 0 Å². The van der Waals surface area contributed by atoms with Crippen molar-refractivity contribution in [3.05, 3.63) is 29.8 Å². The number of hydrogen-bond donors (Lipinski definition) is 0. The molecule has 1 aromatic rings. The van der Waals surface area contributed by atoms with Gasteiger partial charge in [-0.3, -0.25) is 0 Å². The van der Waals surface area contributed by atoms with Crippen molar-refractivity contribution in [2.75, 3.05) is 0 Å². The third-order valence-corrected chi connectivity index (χ3v) is 3.02. The van der Waals surface area contributed by atoms with Crippen LogP contribution >= 0.6 is 0 Å². The second-order valence-corrected chi connectivity index (χ2v) is 5.16. The standard InChI is InChI=1S/C7H5O2.Hg.H2O/c8-7(9)6-4-2-1-3-5-6;;/h2-5H,(H,8,9);;1H2/p-1. The number of benzene rings is 1. The Morgan fingerprint density at radius 2 is 1.73 bits per heavy atom. The zero-order valence-electron chi connectivity index (χ0n) is 5.83. The van der Waals surface area contributed by atoms with Gasteiger partial charge in [0.2, 0.25) is 0 Å². The summed E-state index contributed by atoms with van der Waals surface area (Å²) in [6.07, 6.45) is 0. The number of carboxylic acid groups (broad SMARTS) is 1. The summed E-state index contributed by atoms with van der Waals surface area (Å²) in [6.45, 7) is 0. The molecule has 3 nitrogen and oxygen atoms in total. The third kappa shape index (κ3) is 2.99. The Hall–Kier alpha value is -0.415. The third-order valence-electron chi connectivity index (χ3n) is 1.19. The van der Waals surface area contributed by atoms with E-state index in [1.165, 1.54) is 3.07 Å². The van der Waals surface area contributed by atoms with Crippen molar-refractivity contribution in [2.24, 2.45) is 0 Å². The first-order chi connectivity index (χ1) is 4.70. The molecule has 0 aliphatic heterocycles. The van der Waals surface area contributed by atoms with Crippen LogP contribution in [0.5, 0.6) is 0 Å². The van der Waals surface area contributed by atoms with Crippen molar-refractivity contribution in [3.63, 3.8) is 0 Å². The molecule has 1 aromatic carbocycles. The second kappa shape index (κ2) is 4.46. The van der Waals surface area contributed by atoms with Crippen LogP contribution in [0.3, 0.4) is 0 Å². The molecule has 4 heteroatoms. The summed E-state index contributed by atoms with van der Waals surface area (Å²) < 4.78 is 1.24.